The van der Waals surface area contributed by atoms with Crippen LogP contribution in [0.15, 0.2) is 97.2 Å². The molecule has 0 amide bonds. The van der Waals surface area contributed by atoms with Gasteiger partial charge in [-0.2, -0.15) is 0 Å². The number of carboxylic acid groups (broad SMARTS) is 1. The Morgan fingerprint density at radius 3 is 1.42 bits per heavy atom. The minimum Gasteiger partial charge on any atom is -0.545 e. The molecule has 0 fully saturated rings. The largest absolute Gasteiger partial charge is 0.545 e. The van der Waals surface area contributed by atoms with Crippen molar-refractivity contribution in [2.75, 3.05) is 47.5 Å². The van der Waals surface area contributed by atoms with Crippen LogP contribution < -0.4 is 5.11 Å². The van der Waals surface area contributed by atoms with E-state index in [9.17, 15) is 19.5 Å². The Bertz CT molecular complexity index is 1250. The molecule has 0 aliphatic carbocycles. The van der Waals surface area contributed by atoms with Gasteiger partial charge < -0.3 is 33.3 Å². The molecule has 9 nitrogen and oxygen atoms in total. The fraction of sp³-hybridized carbons (Fsp3) is 0.604. The first-order valence-electron chi connectivity index (χ1n) is 21.4. The lowest BCUT2D eigenvalue weighted by Gasteiger charge is -2.26. The van der Waals surface area contributed by atoms with Crippen LogP contribution in [0.1, 0.15) is 129 Å². The smallest absolute Gasteiger partial charge is 0.306 e. The summed E-state index contributed by atoms with van der Waals surface area (Å²) in [6, 6.07) is 0. The van der Waals surface area contributed by atoms with E-state index in [2.05, 4.69) is 111 Å². The van der Waals surface area contributed by atoms with Gasteiger partial charge in [0.2, 0.25) is 0 Å². The van der Waals surface area contributed by atoms with E-state index in [1.807, 2.05) is 21.1 Å². The predicted octanol–water partition coefficient (Wildman–Crippen LogP) is 9.77. The van der Waals surface area contributed by atoms with E-state index >= 15 is 0 Å². The molecule has 57 heavy (non-hydrogen) atoms. The van der Waals surface area contributed by atoms with Crippen LogP contribution in [-0.2, 0) is 33.3 Å². The summed E-state index contributed by atoms with van der Waals surface area (Å²) in [7, 11) is 5.87. The minimum atomic E-state index is -1.64. The van der Waals surface area contributed by atoms with E-state index in [4.69, 9.17) is 18.9 Å². The predicted molar refractivity (Wildman–Crippen MR) is 232 cm³/mol. The lowest BCUT2D eigenvalue weighted by molar-refractivity contribution is -0.870. The molecule has 0 N–H and O–H groups in total. The van der Waals surface area contributed by atoms with E-state index in [-0.39, 0.29) is 32.7 Å². The molecule has 0 aromatic rings. The molecule has 0 aliphatic rings. The first-order chi connectivity index (χ1) is 27.6. The molecular formula is C48H77NO8. The fourth-order valence-electron chi connectivity index (χ4n) is 5.04. The molecule has 2 unspecified atom stereocenters. The van der Waals surface area contributed by atoms with Gasteiger partial charge in [-0.1, -0.05) is 124 Å². The van der Waals surface area contributed by atoms with Gasteiger partial charge in [0.15, 0.2) is 12.4 Å². The summed E-state index contributed by atoms with van der Waals surface area (Å²) >= 11 is 0. The number of quaternary nitrogens is 1. The summed E-state index contributed by atoms with van der Waals surface area (Å²) in [5.74, 6) is -2.39. The number of nitrogens with zero attached hydrogens (tertiary/aromatic N) is 1. The Balaban J connectivity index is 4.61. The molecule has 9 heteroatoms. The molecule has 0 heterocycles. The third-order valence-corrected chi connectivity index (χ3v) is 8.33. The molecule has 0 radical (unpaired) electrons. The van der Waals surface area contributed by atoms with Crippen LogP contribution in [0.4, 0.5) is 0 Å². The Morgan fingerprint density at radius 1 is 0.526 bits per heavy atom. The molecule has 0 bridgehead atoms. The van der Waals surface area contributed by atoms with Crippen molar-refractivity contribution >= 4 is 17.9 Å². The first kappa shape index (κ1) is 53.2. The van der Waals surface area contributed by atoms with Crippen molar-refractivity contribution in [2.45, 2.75) is 142 Å². The van der Waals surface area contributed by atoms with E-state index in [1.165, 1.54) is 0 Å². The van der Waals surface area contributed by atoms with Gasteiger partial charge >= 0.3 is 11.9 Å². The number of hydrogen-bond donors (Lipinski definition) is 0. The number of aliphatic carboxylic acids is 1. The van der Waals surface area contributed by atoms with Crippen molar-refractivity contribution in [3.63, 3.8) is 0 Å². The zero-order chi connectivity index (χ0) is 42.1. The summed E-state index contributed by atoms with van der Waals surface area (Å²) in [5, 5.41) is 11.7. The molecule has 0 saturated carbocycles. The number of hydrogen-bond acceptors (Lipinski definition) is 8. The van der Waals surface area contributed by atoms with Crippen LogP contribution in [0.2, 0.25) is 0 Å². The van der Waals surface area contributed by atoms with Gasteiger partial charge in [0.25, 0.3) is 0 Å². The summed E-state index contributed by atoms with van der Waals surface area (Å²) in [4.78, 5) is 36.9. The maximum absolute atomic E-state index is 12.7. The van der Waals surface area contributed by atoms with Gasteiger partial charge in [-0.3, -0.25) is 9.59 Å². The van der Waals surface area contributed by atoms with E-state index in [1.54, 1.807) is 0 Å². The van der Waals surface area contributed by atoms with Gasteiger partial charge in [-0.05, 0) is 89.9 Å². The molecule has 0 spiro atoms. The zero-order valence-electron chi connectivity index (χ0n) is 36.2. The highest BCUT2D eigenvalue weighted by atomic mass is 16.7. The third kappa shape index (κ3) is 40.2. The Kier molecular flexibility index (Phi) is 36.5. The second-order valence-electron chi connectivity index (χ2n) is 14.9. The molecular weight excluding hydrogens is 719 g/mol. The number of carbonyl (C=O) groups is 3. The highest BCUT2D eigenvalue weighted by molar-refractivity contribution is 5.70. The topological polar surface area (TPSA) is 111 Å². The van der Waals surface area contributed by atoms with Crippen molar-refractivity contribution < 1.29 is 42.9 Å². The second kappa shape index (κ2) is 39.1. The molecule has 322 valence electrons. The van der Waals surface area contributed by atoms with Crippen molar-refractivity contribution in [2.24, 2.45) is 0 Å². The molecule has 0 rings (SSSR count). The lowest BCUT2D eigenvalue weighted by Crippen LogP contribution is -2.44. The van der Waals surface area contributed by atoms with Crippen LogP contribution in [0.5, 0.6) is 0 Å². The van der Waals surface area contributed by atoms with Crippen LogP contribution in [0.3, 0.4) is 0 Å². The molecule has 0 saturated heterocycles. The van der Waals surface area contributed by atoms with Gasteiger partial charge in [-0.25, -0.2) is 0 Å². The maximum Gasteiger partial charge on any atom is 0.306 e. The molecule has 0 aromatic carbocycles. The van der Waals surface area contributed by atoms with Gasteiger partial charge in [0.05, 0.1) is 40.3 Å². The minimum absolute atomic E-state index is 0.130. The highest BCUT2D eigenvalue weighted by Crippen LogP contribution is 2.11. The van der Waals surface area contributed by atoms with Crippen LogP contribution in [0, 0.1) is 0 Å². The maximum atomic E-state index is 12.7. The van der Waals surface area contributed by atoms with Gasteiger partial charge in [0.1, 0.15) is 13.2 Å². The number of esters is 2. The highest BCUT2D eigenvalue weighted by Gasteiger charge is 2.21. The number of carbonyl (C=O) groups excluding carboxylic acids is 3. The van der Waals surface area contributed by atoms with Gasteiger partial charge in [0, 0.05) is 12.8 Å². The summed E-state index contributed by atoms with van der Waals surface area (Å²) in [6.07, 6.45) is 47.3. The third-order valence-electron chi connectivity index (χ3n) is 8.33. The summed E-state index contributed by atoms with van der Waals surface area (Å²) in [6.45, 7) is 4.39. The SMILES string of the molecule is CC/C=C\C/C=C\C/C=C\C/C=C\CCCCCCC(=O)OC(COC(=O)CCCC/C=C\C/C=C\C/C=C\C/C=C\CC)COC(OCC[N+](C)(C)C)C(=O)[O-]. The standard InChI is InChI=1S/C48H77NO8/c1-6-8-10-12-14-16-18-20-22-23-25-27-29-31-33-35-37-39-46(51)57-44(43-56-48(47(52)53)54-41-40-49(3,4)5)42-55-45(50)38-36-34-32-30-28-26-24-21-19-17-15-13-11-9-7-2/h8-11,14-17,20-22,24-25,27-28,30,44,48H,6-7,12-13,18-19,23,26,29,31-43H2,1-5H3/b10-8-,11-9-,16-14-,17-15-,22-20-,24-21-,27-25-,30-28-. The number of unbranched alkanes of at least 4 members (excludes halogenated alkanes) is 6. The molecule has 0 aromatic heterocycles. The monoisotopic (exact) mass is 796 g/mol. The Hall–Kier alpha value is -3.79. The van der Waals surface area contributed by atoms with Crippen molar-refractivity contribution in [3.8, 4) is 0 Å². The number of ether oxygens (including phenoxy) is 4. The van der Waals surface area contributed by atoms with E-state index in [0.717, 1.165) is 89.9 Å². The van der Waals surface area contributed by atoms with Crippen LogP contribution >= 0.6 is 0 Å². The fourth-order valence-corrected chi connectivity index (χ4v) is 5.04. The van der Waals surface area contributed by atoms with Crippen molar-refractivity contribution in [1.82, 2.24) is 0 Å². The number of rotatable bonds is 37. The average molecular weight is 796 g/mol. The lowest BCUT2D eigenvalue weighted by atomic mass is 10.1. The Labute approximate surface area is 346 Å². The zero-order valence-corrected chi connectivity index (χ0v) is 36.2. The van der Waals surface area contributed by atoms with Crippen LogP contribution in [-0.4, -0.2) is 82.3 Å². The first-order valence-corrected chi connectivity index (χ1v) is 21.4. The average Bonchev–Trinajstić information content (AvgIpc) is 3.17. The number of allylic oxidation sites excluding steroid dienone is 16. The quantitative estimate of drug-likeness (QED) is 0.0201. The summed E-state index contributed by atoms with van der Waals surface area (Å²) < 4.78 is 22.4. The van der Waals surface area contributed by atoms with Crippen LogP contribution in [0.25, 0.3) is 0 Å². The molecule has 2 atom stereocenters. The number of carboxylic acids is 1. The van der Waals surface area contributed by atoms with Crippen molar-refractivity contribution in [1.29, 1.82) is 0 Å². The number of likely N-dealkylation sites (N-methyl/N-ethyl adjacent to an activating group) is 1. The Morgan fingerprint density at radius 2 is 0.947 bits per heavy atom. The van der Waals surface area contributed by atoms with Gasteiger partial charge in [-0.15, -0.1) is 0 Å². The normalized spacial score (nSPS) is 13.9. The van der Waals surface area contributed by atoms with Crippen molar-refractivity contribution in [3.05, 3.63) is 97.2 Å². The second-order valence-corrected chi connectivity index (χ2v) is 14.9. The summed E-state index contributed by atoms with van der Waals surface area (Å²) in [5.41, 5.74) is 0. The van der Waals surface area contributed by atoms with E-state index < -0.39 is 30.3 Å². The molecule has 0 aliphatic heterocycles. The van der Waals surface area contributed by atoms with E-state index in [0.29, 0.717) is 23.9 Å².